The fourth-order valence-electron chi connectivity index (χ4n) is 3.42. The van der Waals surface area contributed by atoms with Gasteiger partial charge in [0, 0.05) is 26.1 Å². The molecule has 0 aromatic heterocycles. The Bertz CT molecular complexity index is 298. The van der Waals surface area contributed by atoms with Crippen LogP contribution in [0, 0.1) is 0 Å². The number of hydrogen-bond acceptors (Lipinski definition) is 3. The van der Waals surface area contributed by atoms with Gasteiger partial charge in [-0.25, -0.2) is 0 Å². The number of aliphatic hydroxyl groups excluding tert-OH is 1. The molecule has 4 heteroatoms. The first kappa shape index (κ1) is 26.4. The molecule has 0 aliphatic carbocycles. The minimum atomic E-state index is 0.146. The zero-order valence-corrected chi connectivity index (χ0v) is 18.2. The van der Waals surface area contributed by atoms with Crippen LogP contribution in [0.4, 0.5) is 0 Å². The predicted molar refractivity (Wildman–Crippen MR) is 117 cm³/mol. The molecule has 0 aliphatic heterocycles. The Morgan fingerprint density at radius 2 is 1.07 bits per heavy atom. The quantitative estimate of drug-likeness (QED) is 0.221. The van der Waals surface area contributed by atoms with E-state index in [1.54, 1.807) is 0 Å². The van der Waals surface area contributed by atoms with E-state index in [1.165, 1.54) is 96.3 Å². The van der Waals surface area contributed by atoms with Crippen molar-refractivity contribution in [2.45, 2.75) is 116 Å². The zero-order valence-electron chi connectivity index (χ0n) is 18.2. The van der Waals surface area contributed by atoms with Crippen molar-refractivity contribution in [1.82, 2.24) is 10.6 Å². The van der Waals surface area contributed by atoms with E-state index in [0.29, 0.717) is 19.5 Å². The van der Waals surface area contributed by atoms with E-state index in [4.69, 9.17) is 5.11 Å². The number of unbranched alkanes of at least 4 members (excludes halogenated alkanes) is 15. The van der Waals surface area contributed by atoms with Crippen LogP contribution in [0.15, 0.2) is 0 Å². The molecule has 1 amide bonds. The molecule has 0 aromatic rings. The molecule has 0 unspecified atom stereocenters. The number of hydrogen-bond donors (Lipinski definition) is 3. The lowest BCUT2D eigenvalue weighted by Gasteiger charge is -2.06. The van der Waals surface area contributed by atoms with Crippen LogP contribution >= 0.6 is 0 Å². The van der Waals surface area contributed by atoms with Gasteiger partial charge in [0.1, 0.15) is 0 Å². The van der Waals surface area contributed by atoms with Gasteiger partial charge in [-0.1, -0.05) is 103 Å². The van der Waals surface area contributed by atoms with Crippen molar-refractivity contribution >= 4 is 5.91 Å². The predicted octanol–water partition coefficient (Wildman–Crippen LogP) is 5.34. The lowest BCUT2D eigenvalue weighted by molar-refractivity contribution is -0.121. The standard InChI is InChI=1S/C23H48N2O2/c1-2-3-4-5-6-7-8-9-10-11-12-13-14-15-16-17-18-23(27)25-20-19-24-21-22-26/h24,26H,2-22H2,1H3,(H,25,27). The molecule has 3 N–H and O–H groups in total. The Labute approximate surface area is 169 Å². The molecule has 0 rings (SSSR count). The van der Waals surface area contributed by atoms with Crippen molar-refractivity contribution in [3.8, 4) is 0 Å². The largest absolute Gasteiger partial charge is 0.395 e. The first-order valence-corrected chi connectivity index (χ1v) is 11.9. The Kier molecular flexibility index (Phi) is 22.9. The highest BCUT2D eigenvalue weighted by atomic mass is 16.3. The molecule has 0 fully saturated rings. The van der Waals surface area contributed by atoms with Crippen molar-refractivity contribution in [2.24, 2.45) is 0 Å². The highest BCUT2D eigenvalue weighted by molar-refractivity contribution is 5.75. The Morgan fingerprint density at radius 3 is 1.52 bits per heavy atom. The van der Waals surface area contributed by atoms with Gasteiger partial charge < -0.3 is 15.7 Å². The molecule has 0 bridgehead atoms. The summed E-state index contributed by atoms with van der Waals surface area (Å²) in [6.07, 6.45) is 22.4. The fourth-order valence-corrected chi connectivity index (χ4v) is 3.42. The van der Waals surface area contributed by atoms with Crippen molar-refractivity contribution < 1.29 is 9.90 Å². The van der Waals surface area contributed by atoms with Gasteiger partial charge >= 0.3 is 0 Å². The smallest absolute Gasteiger partial charge is 0.220 e. The molecule has 0 aromatic carbocycles. The average Bonchev–Trinajstić information content (AvgIpc) is 2.67. The van der Waals surface area contributed by atoms with E-state index in [9.17, 15) is 4.79 Å². The van der Waals surface area contributed by atoms with Gasteiger partial charge in [0.2, 0.25) is 5.91 Å². The number of rotatable bonds is 22. The number of amides is 1. The molecule has 0 spiro atoms. The lowest BCUT2D eigenvalue weighted by Crippen LogP contribution is -2.32. The number of nitrogens with one attached hydrogen (secondary N) is 2. The maximum absolute atomic E-state index is 11.6. The molecule has 27 heavy (non-hydrogen) atoms. The molecule has 162 valence electrons. The summed E-state index contributed by atoms with van der Waals surface area (Å²) >= 11 is 0. The van der Waals surface area contributed by atoms with Gasteiger partial charge in [-0.15, -0.1) is 0 Å². The van der Waals surface area contributed by atoms with Crippen LogP contribution in [-0.2, 0) is 4.79 Å². The normalized spacial score (nSPS) is 11.0. The second-order valence-corrected chi connectivity index (χ2v) is 7.88. The van der Waals surface area contributed by atoms with E-state index in [1.807, 2.05) is 0 Å². The molecular formula is C23H48N2O2. The van der Waals surface area contributed by atoms with E-state index in [2.05, 4.69) is 17.6 Å². The maximum Gasteiger partial charge on any atom is 0.220 e. The van der Waals surface area contributed by atoms with Crippen molar-refractivity contribution in [3.05, 3.63) is 0 Å². The second kappa shape index (κ2) is 23.4. The molecule has 4 nitrogen and oxygen atoms in total. The summed E-state index contributed by atoms with van der Waals surface area (Å²) in [6.45, 7) is 4.40. The third kappa shape index (κ3) is 23.4. The van der Waals surface area contributed by atoms with E-state index < -0.39 is 0 Å². The van der Waals surface area contributed by atoms with Gasteiger partial charge in [-0.05, 0) is 6.42 Å². The number of carbonyl (C=O) groups is 1. The molecule has 0 aliphatic rings. The minimum absolute atomic E-state index is 0.146. The first-order chi connectivity index (χ1) is 13.3. The van der Waals surface area contributed by atoms with Crippen molar-refractivity contribution in [1.29, 1.82) is 0 Å². The van der Waals surface area contributed by atoms with Crippen LogP contribution < -0.4 is 10.6 Å². The SMILES string of the molecule is CCCCCCCCCCCCCCCCCCC(=O)NCCNCCO. The van der Waals surface area contributed by atoms with Crippen LogP contribution in [0.25, 0.3) is 0 Å². The summed E-state index contributed by atoms with van der Waals surface area (Å²) in [5, 5.41) is 14.6. The lowest BCUT2D eigenvalue weighted by atomic mass is 10.0. The summed E-state index contributed by atoms with van der Waals surface area (Å²) < 4.78 is 0. The van der Waals surface area contributed by atoms with E-state index >= 15 is 0 Å². The van der Waals surface area contributed by atoms with Crippen LogP contribution in [0.1, 0.15) is 116 Å². The van der Waals surface area contributed by atoms with Gasteiger partial charge in [-0.2, -0.15) is 0 Å². The average molecular weight is 385 g/mol. The Balaban J connectivity index is 3.09. The monoisotopic (exact) mass is 384 g/mol. The second-order valence-electron chi connectivity index (χ2n) is 7.88. The summed E-state index contributed by atoms with van der Waals surface area (Å²) in [7, 11) is 0. The number of aliphatic hydroxyl groups is 1. The molecule has 0 atom stereocenters. The highest BCUT2D eigenvalue weighted by Crippen LogP contribution is 2.13. The highest BCUT2D eigenvalue weighted by Gasteiger charge is 2.00. The third-order valence-corrected chi connectivity index (χ3v) is 5.17. The van der Waals surface area contributed by atoms with Crippen molar-refractivity contribution in [2.75, 3.05) is 26.2 Å². The van der Waals surface area contributed by atoms with Gasteiger partial charge in [-0.3, -0.25) is 4.79 Å². The van der Waals surface area contributed by atoms with Gasteiger partial charge in [0.15, 0.2) is 0 Å². The van der Waals surface area contributed by atoms with Gasteiger partial charge in [0.05, 0.1) is 6.61 Å². The minimum Gasteiger partial charge on any atom is -0.395 e. The van der Waals surface area contributed by atoms with Crippen LogP contribution in [0.3, 0.4) is 0 Å². The Hall–Kier alpha value is -0.610. The van der Waals surface area contributed by atoms with Crippen LogP contribution in [0.2, 0.25) is 0 Å². The maximum atomic E-state index is 11.6. The third-order valence-electron chi connectivity index (χ3n) is 5.17. The topological polar surface area (TPSA) is 61.4 Å². The summed E-state index contributed by atoms with van der Waals surface area (Å²) in [5.74, 6) is 0.158. The van der Waals surface area contributed by atoms with Gasteiger partial charge in [0.25, 0.3) is 0 Å². The summed E-state index contributed by atoms with van der Waals surface area (Å²) in [5.41, 5.74) is 0. The fraction of sp³-hybridized carbons (Fsp3) is 0.957. The molecule has 0 heterocycles. The summed E-state index contributed by atoms with van der Waals surface area (Å²) in [4.78, 5) is 11.6. The molecule has 0 radical (unpaired) electrons. The zero-order chi connectivity index (χ0) is 19.8. The van der Waals surface area contributed by atoms with Crippen molar-refractivity contribution in [3.63, 3.8) is 0 Å². The van der Waals surface area contributed by atoms with Crippen LogP contribution in [0.5, 0.6) is 0 Å². The molecule has 0 saturated carbocycles. The van der Waals surface area contributed by atoms with E-state index in [-0.39, 0.29) is 12.5 Å². The Morgan fingerprint density at radius 1 is 0.630 bits per heavy atom. The van der Waals surface area contributed by atoms with E-state index in [0.717, 1.165) is 13.0 Å². The molecular weight excluding hydrogens is 336 g/mol. The number of carbonyl (C=O) groups excluding carboxylic acids is 1. The van der Waals surface area contributed by atoms with Crippen LogP contribution in [-0.4, -0.2) is 37.3 Å². The summed E-state index contributed by atoms with van der Waals surface area (Å²) in [6, 6.07) is 0. The molecule has 0 saturated heterocycles. The first-order valence-electron chi connectivity index (χ1n) is 11.9.